The summed E-state index contributed by atoms with van der Waals surface area (Å²) in [7, 11) is 0. The summed E-state index contributed by atoms with van der Waals surface area (Å²) in [5.74, 6) is 0.0193. The van der Waals surface area contributed by atoms with Crippen molar-refractivity contribution in [3.05, 3.63) is 70.2 Å². The summed E-state index contributed by atoms with van der Waals surface area (Å²) in [6.45, 7) is 1.78. The number of pyridine rings is 1. The van der Waals surface area contributed by atoms with Gasteiger partial charge in [0.05, 0.1) is 22.8 Å². The lowest BCUT2D eigenvalue weighted by atomic mass is 10.2. The summed E-state index contributed by atoms with van der Waals surface area (Å²) in [5, 5.41) is 31.4. The molecule has 3 rings (SSSR count). The first-order chi connectivity index (χ1) is 12.1. The molecule has 0 bridgehead atoms. The van der Waals surface area contributed by atoms with E-state index in [1.165, 1.54) is 12.3 Å². The molecule has 3 aromatic rings. The monoisotopic (exact) mass is 335 g/mol. The molecule has 0 amide bonds. The van der Waals surface area contributed by atoms with E-state index in [1.807, 2.05) is 30.3 Å². The van der Waals surface area contributed by atoms with Crippen LogP contribution in [0.3, 0.4) is 0 Å². The van der Waals surface area contributed by atoms with Crippen molar-refractivity contribution in [3.8, 4) is 11.8 Å². The lowest BCUT2D eigenvalue weighted by molar-refractivity contribution is -0.384. The number of hydrogen-bond donors (Lipinski definition) is 1. The van der Waals surface area contributed by atoms with E-state index in [9.17, 15) is 10.1 Å². The number of aromatic nitrogens is 4. The SMILES string of the molecule is CC(Nc1nccc(C#N)c1[N+](=O)[O-])c1cn(-c2ccccc2)nn1. The summed E-state index contributed by atoms with van der Waals surface area (Å²) in [6, 6.07) is 12.2. The third-order valence-corrected chi connectivity index (χ3v) is 3.56. The van der Waals surface area contributed by atoms with Crippen LogP contribution in [0.15, 0.2) is 48.8 Å². The van der Waals surface area contributed by atoms with Gasteiger partial charge in [-0.25, -0.2) is 9.67 Å². The van der Waals surface area contributed by atoms with Gasteiger partial charge in [0, 0.05) is 6.20 Å². The zero-order valence-electron chi connectivity index (χ0n) is 13.2. The minimum absolute atomic E-state index is 0.0193. The molecule has 1 unspecified atom stereocenters. The average Bonchev–Trinajstić information content (AvgIpc) is 3.12. The largest absolute Gasteiger partial charge is 0.356 e. The molecule has 0 fully saturated rings. The van der Waals surface area contributed by atoms with E-state index in [-0.39, 0.29) is 17.1 Å². The number of hydrogen-bond acceptors (Lipinski definition) is 7. The van der Waals surface area contributed by atoms with Crippen molar-refractivity contribution in [2.45, 2.75) is 13.0 Å². The number of benzene rings is 1. The number of rotatable bonds is 5. The molecule has 0 saturated carbocycles. The number of nitro groups is 1. The Kier molecular flexibility index (Phi) is 4.34. The predicted molar refractivity (Wildman–Crippen MR) is 89.0 cm³/mol. The average molecular weight is 335 g/mol. The van der Waals surface area contributed by atoms with Crippen LogP contribution in [0.25, 0.3) is 5.69 Å². The fourth-order valence-electron chi connectivity index (χ4n) is 2.30. The molecule has 9 heteroatoms. The van der Waals surface area contributed by atoms with Crippen LogP contribution in [0.2, 0.25) is 0 Å². The second-order valence-corrected chi connectivity index (χ2v) is 5.21. The van der Waals surface area contributed by atoms with E-state index in [0.29, 0.717) is 5.69 Å². The smallest absolute Gasteiger partial charge is 0.328 e. The third-order valence-electron chi connectivity index (χ3n) is 3.56. The minimum Gasteiger partial charge on any atom is -0.356 e. The van der Waals surface area contributed by atoms with Gasteiger partial charge in [-0.2, -0.15) is 5.26 Å². The molecular formula is C16H13N7O2. The molecule has 0 aliphatic heterocycles. The van der Waals surface area contributed by atoms with Crippen molar-refractivity contribution in [1.29, 1.82) is 5.26 Å². The molecule has 25 heavy (non-hydrogen) atoms. The van der Waals surface area contributed by atoms with Crippen LogP contribution >= 0.6 is 0 Å². The Morgan fingerprint density at radius 1 is 1.32 bits per heavy atom. The number of anilines is 1. The zero-order chi connectivity index (χ0) is 17.8. The number of para-hydroxylation sites is 1. The number of nitriles is 1. The fourth-order valence-corrected chi connectivity index (χ4v) is 2.30. The Labute approximate surface area is 142 Å². The van der Waals surface area contributed by atoms with Crippen molar-refractivity contribution in [1.82, 2.24) is 20.0 Å². The van der Waals surface area contributed by atoms with E-state index >= 15 is 0 Å². The number of nitrogens with one attached hydrogen (secondary N) is 1. The lowest BCUT2D eigenvalue weighted by Crippen LogP contribution is -2.11. The Morgan fingerprint density at radius 3 is 2.76 bits per heavy atom. The van der Waals surface area contributed by atoms with Gasteiger partial charge in [-0.1, -0.05) is 23.4 Å². The first kappa shape index (κ1) is 16.1. The van der Waals surface area contributed by atoms with Gasteiger partial charge in [0.25, 0.3) is 0 Å². The molecule has 0 spiro atoms. The molecule has 124 valence electrons. The van der Waals surface area contributed by atoms with Crippen LogP contribution in [-0.4, -0.2) is 24.9 Å². The summed E-state index contributed by atoms with van der Waals surface area (Å²) in [6.07, 6.45) is 3.08. The van der Waals surface area contributed by atoms with Crippen molar-refractivity contribution in [3.63, 3.8) is 0 Å². The van der Waals surface area contributed by atoms with Gasteiger partial charge >= 0.3 is 5.69 Å². The first-order valence-electron chi connectivity index (χ1n) is 7.38. The molecule has 2 aromatic heterocycles. The van der Waals surface area contributed by atoms with E-state index in [2.05, 4.69) is 20.6 Å². The third kappa shape index (κ3) is 3.28. The standard InChI is InChI=1S/C16H13N7O2/c1-11(14-10-22(21-20-14)13-5-3-2-4-6-13)19-16-15(23(24)25)12(9-17)7-8-18-16/h2-8,10-11H,1H3,(H,18,19). The normalized spacial score (nSPS) is 11.5. The van der Waals surface area contributed by atoms with Crippen LogP contribution in [0, 0.1) is 21.4 Å². The summed E-state index contributed by atoms with van der Waals surface area (Å²) in [4.78, 5) is 14.6. The Bertz CT molecular complexity index is 947. The van der Waals surface area contributed by atoms with Crippen molar-refractivity contribution >= 4 is 11.5 Å². The maximum Gasteiger partial charge on any atom is 0.328 e. The van der Waals surface area contributed by atoms with E-state index in [0.717, 1.165) is 5.69 Å². The molecule has 1 atom stereocenters. The van der Waals surface area contributed by atoms with Crippen LogP contribution < -0.4 is 5.32 Å². The highest BCUT2D eigenvalue weighted by Gasteiger charge is 2.23. The maximum atomic E-state index is 11.3. The molecule has 0 aliphatic rings. The van der Waals surface area contributed by atoms with Crippen LogP contribution in [0.4, 0.5) is 11.5 Å². The Hall–Kier alpha value is -3.80. The molecule has 2 heterocycles. The van der Waals surface area contributed by atoms with Gasteiger partial charge in [-0.05, 0) is 25.1 Å². The van der Waals surface area contributed by atoms with Gasteiger partial charge in [0.15, 0.2) is 0 Å². The highest BCUT2D eigenvalue weighted by Crippen LogP contribution is 2.28. The predicted octanol–water partition coefficient (Wildman–Crippen LogP) is 2.62. The molecule has 0 radical (unpaired) electrons. The Morgan fingerprint density at radius 2 is 2.08 bits per heavy atom. The van der Waals surface area contributed by atoms with E-state index in [4.69, 9.17) is 5.26 Å². The first-order valence-corrected chi connectivity index (χ1v) is 7.38. The van der Waals surface area contributed by atoms with Gasteiger partial charge in [-0.15, -0.1) is 5.10 Å². The maximum absolute atomic E-state index is 11.3. The van der Waals surface area contributed by atoms with Crippen molar-refractivity contribution in [2.75, 3.05) is 5.32 Å². The van der Waals surface area contributed by atoms with Gasteiger partial charge in [-0.3, -0.25) is 10.1 Å². The van der Waals surface area contributed by atoms with Gasteiger partial charge in [0.1, 0.15) is 17.3 Å². The summed E-state index contributed by atoms with van der Waals surface area (Å²) >= 11 is 0. The molecular weight excluding hydrogens is 322 g/mol. The summed E-state index contributed by atoms with van der Waals surface area (Å²) < 4.78 is 1.61. The van der Waals surface area contributed by atoms with E-state index in [1.54, 1.807) is 23.9 Å². The second-order valence-electron chi connectivity index (χ2n) is 5.21. The minimum atomic E-state index is -0.624. The highest BCUT2D eigenvalue weighted by molar-refractivity contribution is 5.64. The number of nitrogens with zero attached hydrogens (tertiary/aromatic N) is 6. The molecule has 1 N–H and O–H groups in total. The van der Waals surface area contributed by atoms with E-state index < -0.39 is 11.0 Å². The van der Waals surface area contributed by atoms with Crippen LogP contribution in [0.5, 0.6) is 0 Å². The fraction of sp³-hybridized carbons (Fsp3) is 0.125. The molecule has 0 aliphatic carbocycles. The molecule has 0 saturated heterocycles. The van der Waals surface area contributed by atoms with Crippen molar-refractivity contribution < 1.29 is 4.92 Å². The van der Waals surface area contributed by atoms with Gasteiger partial charge < -0.3 is 5.32 Å². The second kappa shape index (κ2) is 6.76. The Balaban J connectivity index is 1.87. The topological polar surface area (TPSA) is 123 Å². The molecule has 1 aromatic carbocycles. The lowest BCUT2D eigenvalue weighted by Gasteiger charge is -2.11. The van der Waals surface area contributed by atoms with Gasteiger partial charge in [0.2, 0.25) is 5.82 Å². The van der Waals surface area contributed by atoms with Crippen LogP contribution in [0.1, 0.15) is 24.2 Å². The zero-order valence-corrected chi connectivity index (χ0v) is 13.2. The molecule has 9 nitrogen and oxygen atoms in total. The highest BCUT2D eigenvalue weighted by atomic mass is 16.6. The summed E-state index contributed by atoms with van der Waals surface area (Å²) in [5.41, 5.74) is 1.03. The quantitative estimate of drug-likeness (QED) is 0.561. The van der Waals surface area contributed by atoms with Crippen LogP contribution in [-0.2, 0) is 0 Å². The van der Waals surface area contributed by atoms with Crippen molar-refractivity contribution in [2.24, 2.45) is 0 Å².